The summed E-state index contributed by atoms with van der Waals surface area (Å²) in [6.45, 7) is 22.4. The van der Waals surface area contributed by atoms with Crippen LogP contribution in [0.5, 0.6) is 11.5 Å². The van der Waals surface area contributed by atoms with Gasteiger partial charge in [-0.3, -0.25) is 4.79 Å². The quantitative estimate of drug-likeness (QED) is 0.119. The first kappa shape index (κ1) is 48.1. The topological polar surface area (TPSA) is 71.1 Å². The Morgan fingerprint density at radius 1 is 0.581 bits per heavy atom. The molecule has 2 aromatic rings. The molecule has 2 saturated carbocycles. The Morgan fingerprint density at radius 3 is 1.58 bits per heavy atom. The third-order valence-electron chi connectivity index (χ3n) is 15.9. The molecule has 0 heterocycles. The van der Waals surface area contributed by atoms with Gasteiger partial charge < -0.3 is 18.3 Å². The Bertz CT molecular complexity index is 2020. The zero-order valence-corrected chi connectivity index (χ0v) is 42.7. The lowest BCUT2D eigenvalue weighted by atomic mass is 9.62. The van der Waals surface area contributed by atoms with Gasteiger partial charge in [0.15, 0.2) is 0 Å². The molecule has 0 spiro atoms. The van der Waals surface area contributed by atoms with Crippen molar-refractivity contribution in [3.63, 3.8) is 0 Å². The van der Waals surface area contributed by atoms with E-state index in [1.165, 1.54) is 103 Å². The van der Waals surface area contributed by atoms with Crippen molar-refractivity contribution in [3.8, 4) is 11.5 Å². The third kappa shape index (κ3) is 10.9. The van der Waals surface area contributed by atoms with Crippen LogP contribution in [0.4, 0.5) is 0 Å². The number of esters is 1. The molecule has 340 valence electrons. The molecule has 8 heteroatoms. The summed E-state index contributed by atoms with van der Waals surface area (Å²) in [7, 11) is -0.485. The summed E-state index contributed by atoms with van der Waals surface area (Å²) < 4.78 is 23.6. The summed E-state index contributed by atoms with van der Waals surface area (Å²) in [4.78, 5) is 23.5. The number of methoxy groups -OCH3 is 2. The van der Waals surface area contributed by atoms with Crippen LogP contribution in [0, 0.1) is 23.7 Å². The monoisotopic (exact) mass is 881 g/mol. The summed E-state index contributed by atoms with van der Waals surface area (Å²) in [5, 5.41) is 0.323. The van der Waals surface area contributed by atoms with Crippen LogP contribution in [0.1, 0.15) is 160 Å². The van der Waals surface area contributed by atoms with E-state index in [1.807, 2.05) is 19.2 Å². The van der Waals surface area contributed by atoms with Crippen molar-refractivity contribution in [2.75, 3.05) is 14.2 Å². The largest absolute Gasteiger partial charge is 0.543 e. The highest BCUT2D eigenvalue weighted by Crippen LogP contribution is 2.53. The predicted octanol–water partition coefficient (Wildman–Crippen LogP) is 15.2. The maximum atomic E-state index is 12.0. The Morgan fingerprint density at radius 2 is 1.05 bits per heavy atom. The number of fused-ring (bicyclic) bond motifs is 6. The molecule has 0 aliphatic heterocycles. The van der Waals surface area contributed by atoms with Gasteiger partial charge in [-0.15, -0.1) is 0 Å². The van der Waals surface area contributed by atoms with E-state index in [0.29, 0.717) is 35.0 Å². The average molecular weight is 881 g/mol. The van der Waals surface area contributed by atoms with Crippen molar-refractivity contribution >= 4 is 34.1 Å². The Kier molecular flexibility index (Phi) is 15.4. The SMILES string of the molecule is CO/C(=C1\C2CCCC1C1=C(CCCC1)C2)c1cccc(O[Si](C)(C)C(C)(C)C)c1.COC(=O)c1cccc(O[Si](C)(C)C(C)(C)C)c1.O=C1C2CCCC1C1=C(CCCC1)C2. The summed E-state index contributed by atoms with van der Waals surface area (Å²) in [5.74, 6) is 5.20. The smallest absolute Gasteiger partial charge is 0.337 e. The highest BCUT2D eigenvalue weighted by atomic mass is 28.4. The Balaban J connectivity index is 0.000000170. The van der Waals surface area contributed by atoms with Crippen LogP contribution in [-0.2, 0) is 14.3 Å². The molecular weight excluding hydrogens is 801 g/mol. The van der Waals surface area contributed by atoms with Gasteiger partial charge in [0.1, 0.15) is 23.0 Å². The number of hydrogen-bond acceptors (Lipinski definition) is 6. The molecule has 0 aromatic heterocycles. The van der Waals surface area contributed by atoms with Gasteiger partial charge in [0.25, 0.3) is 0 Å². The fraction of sp³-hybridized carbons (Fsp3) is 0.630. The van der Waals surface area contributed by atoms with Crippen LogP contribution >= 0.6 is 0 Å². The van der Waals surface area contributed by atoms with Crippen molar-refractivity contribution in [1.29, 1.82) is 0 Å². The van der Waals surface area contributed by atoms with Gasteiger partial charge in [0.2, 0.25) is 16.6 Å². The Labute approximate surface area is 378 Å². The molecule has 4 bridgehead atoms. The molecule has 0 saturated heterocycles. The molecule has 2 aromatic carbocycles. The summed E-state index contributed by atoms with van der Waals surface area (Å²) >= 11 is 0. The molecule has 8 rings (SSSR count). The Hall–Kier alpha value is -3.37. The van der Waals surface area contributed by atoms with E-state index >= 15 is 0 Å². The van der Waals surface area contributed by atoms with Gasteiger partial charge in [-0.05, 0) is 168 Å². The minimum atomic E-state index is -1.87. The van der Waals surface area contributed by atoms with Crippen molar-refractivity contribution in [3.05, 3.63) is 87.5 Å². The molecule has 0 N–H and O–H groups in total. The van der Waals surface area contributed by atoms with E-state index in [1.54, 1.807) is 40.0 Å². The average Bonchev–Trinajstić information content (AvgIpc) is 3.21. The van der Waals surface area contributed by atoms with Gasteiger partial charge in [0, 0.05) is 23.3 Å². The van der Waals surface area contributed by atoms with Crippen molar-refractivity contribution in [2.24, 2.45) is 23.7 Å². The summed E-state index contributed by atoms with van der Waals surface area (Å²) in [6, 6.07) is 15.9. The first-order valence-corrected chi connectivity index (χ1v) is 30.0. The molecule has 0 amide bonds. The predicted molar refractivity (Wildman–Crippen MR) is 261 cm³/mol. The normalized spacial score (nSPS) is 24.5. The van der Waals surface area contributed by atoms with Gasteiger partial charge in [-0.1, -0.05) is 94.9 Å². The fourth-order valence-corrected chi connectivity index (χ4v) is 12.5. The van der Waals surface area contributed by atoms with Gasteiger partial charge in [-0.2, -0.15) is 0 Å². The first-order chi connectivity index (χ1) is 29.2. The molecule has 6 aliphatic carbocycles. The van der Waals surface area contributed by atoms with Gasteiger partial charge in [0.05, 0.1) is 19.8 Å². The van der Waals surface area contributed by atoms with Crippen LogP contribution < -0.4 is 8.85 Å². The number of allylic oxidation sites excluding steroid dienone is 5. The third-order valence-corrected chi connectivity index (χ3v) is 24.6. The number of ketones is 1. The zero-order chi connectivity index (χ0) is 45.0. The molecule has 6 aliphatic rings. The zero-order valence-electron chi connectivity index (χ0n) is 40.7. The lowest BCUT2D eigenvalue weighted by molar-refractivity contribution is -0.128. The molecule has 2 fully saturated rings. The molecule has 4 atom stereocenters. The van der Waals surface area contributed by atoms with Crippen LogP contribution in [0.25, 0.3) is 5.76 Å². The highest BCUT2D eigenvalue weighted by Gasteiger charge is 2.42. The van der Waals surface area contributed by atoms with Gasteiger partial charge in [-0.25, -0.2) is 4.79 Å². The van der Waals surface area contributed by atoms with E-state index in [4.69, 9.17) is 18.3 Å². The minimum absolute atomic E-state index is 0.133. The van der Waals surface area contributed by atoms with Crippen molar-refractivity contribution in [2.45, 2.75) is 181 Å². The molecule has 0 radical (unpaired) electrons. The van der Waals surface area contributed by atoms with Gasteiger partial charge >= 0.3 is 5.97 Å². The first-order valence-electron chi connectivity index (χ1n) is 24.1. The fourth-order valence-electron chi connectivity index (χ4n) is 10.5. The number of carbonyl (C=O) groups excluding carboxylic acids is 2. The summed E-state index contributed by atoms with van der Waals surface area (Å²) in [5.41, 5.74) is 10.1. The lowest BCUT2D eigenvalue weighted by Crippen LogP contribution is -2.43. The number of rotatable bonds is 7. The van der Waals surface area contributed by atoms with E-state index < -0.39 is 16.6 Å². The number of benzene rings is 2. The van der Waals surface area contributed by atoms with E-state index in [9.17, 15) is 9.59 Å². The molecular formula is C54H80O6Si2. The lowest BCUT2D eigenvalue weighted by Gasteiger charge is -2.43. The van der Waals surface area contributed by atoms with Crippen molar-refractivity contribution < 1.29 is 27.9 Å². The van der Waals surface area contributed by atoms with Crippen molar-refractivity contribution in [1.82, 2.24) is 0 Å². The minimum Gasteiger partial charge on any atom is -0.543 e. The maximum absolute atomic E-state index is 12.0. The van der Waals surface area contributed by atoms with E-state index in [2.05, 4.69) is 92.0 Å². The number of ether oxygens (including phenoxy) is 2. The molecule has 4 unspecified atom stereocenters. The number of hydrogen-bond donors (Lipinski definition) is 0. The highest BCUT2D eigenvalue weighted by molar-refractivity contribution is 6.75. The van der Waals surface area contributed by atoms with Crippen LogP contribution in [0.3, 0.4) is 0 Å². The summed E-state index contributed by atoms with van der Waals surface area (Å²) in [6.07, 6.45) is 20.6. The van der Waals surface area contributed by atoms with Crippen LogP contribution in [-0.4, -0.2) is 42.6 Å². The number of Topliss-reactive ketones (excluding diaryl/α,β-unsaturated/α-hetero) is 1. The maximum Gasteiger partial charge on any atom is 0.337 e. The second kappa shape index (κ2) is 19.8. The number of carbonyl (C=O) groups is 2. The standard InChI is InChI=1S/C27H40O2Si.C14H22O3Si.C13H18O/c1-27(2,3)30(5,6)29-22-14-9-13-21(18-22)26(28-4)25-20-12-10-16-24(25)23-15-8-7-11-19(23)17-20;1-14(2,3)18(5,6)17-12-9-7-8-11(10-12)13(15)16-4;14-13-10-5-3-7-12(13)11-6-2-1-4-9(11)8-10/h9,13-14,18,20,24H,7-8,10-12,15-17H2,1-6H3;7-10H,1-6H3;10,12H,1-8H2/b26-25+;;. The van der Waals surface area contributed by atoms with Crippen LogP contribution in [0.2, 0.25) is 36.3 Å². The van der Waals surface area contributed by atoms with Crippen LogP contribution in [0.15, 0.2) is 76.4 Å². The second-order valence-corrected chi connectivity index (χ2v) is 31.6. The second-order valence-electron chi connectivity index (χ2n) is 22.1. The van der Waals surface area contributed by atoms with E-state index in [-0.39, 0.29) is 16.0 Å². The van der Waals surface area contributed by atoms with E-state index in [0.717, 1.165) is 30.1 Å². The molecule has 62 heavy (non-hydrogen) atoms. The molecule has 6 nitrogen and oxygen atoms in total.